The fourth-order valence-corrected chi connectivity index (χ4v) is 3.25. The Hall–Kier alpha value is -1.10. The van der Waals surface area contributed by atoms with Crippen LogP contribution in [0, 0.1) is 5.92 Å². The number of nitrogens with zero attached hydrogens (tertiary/aromatic N) is 1. The van der Waals surface area contributed by atoms with Gasteiger partial charge in [-0.25, -0.2) is 0 Å². The van der Waals surface area contributed by atoms with E-state index in [1.165, 1.54) is 0 Å². The average Bonchev–Trinajstić information content (AvgIpc) is 3.06. The van der Waals surface area contributed by atoms with E-state index in [9.17, 15) is 4.79 Å². The number of amides is 1. The van der Waals surface area contributed by atoms with Gasteiger partial charge in [-0.1, -0.05) is 37.6 Å². The maximum atomic E-state index is 12.8. The van der Waals surface area contributed by atoms with Crippen LogP contribution in [-0.2, 0) is 9.53 Å². The van der Waals surface area contributed by atoms with E-state index in [1.807, 2.05) is 29.2 Å². The number of hydrogen-bond donors (Lipinski definition) is 1. The third-order valence-corrected chi connectivity index (χ3v) is 4.54. The van der Waals surface area contributed by atoms with E-state index in [0.717, 1.165) is 18.6 Å². The summed E-state index contributed by atoms with van der Waals surface area (Å²) in [7, 11) is 0. The van der Waals surface area contributed by atoms with Crippen molar-refractivity contribution in [2.45, 2.75) is 38.5 Å². The second-order valence-corrected chi connectivity index (χ2v) is 6.54. The first-order valence-electron chi connectivity index (χ1n) is 7.49. The number of halogens is 1. The van der Waals surface area contributed by atoms with Crippen LogP contribution in [0.3, 0.4) is 0 Å². The van der Waals surface area contributed by atoms with Gasteiger partial charge >= 0.3 is 0 Å². The monoisotopic (exact) mass is 308 g/mol. The first-order chi connectivity index (χ1) is 10.1. The van der Waals surface area contributed by atoms with Gasteiger partial charge in [0.15, 0.2) is 0 Å². The summed E-state index contributed by atoms with van der Waals surface area (Å²) in [6.07, 6.45) is 0.816. The Morgan fingerprint density at radius 1 is 1.33 bits per heavy atom. The molecule has 0 aromatic heterocycles. The molecular weight excluding hydrogens is 288 g/mol. The van der Waals surface area contributed by atoms with Crippen molar-refractivity contribution in [3.63, 3.8) is 0 Å². The van der Waals surface area contributed by atoms with Crippen molar-refractivity contribution in [2.75, 3.05) is 13.2 Å². The van der Waals surface area contributed by atoms with E-state index in [4.69, 9.17) is 16.3 Å². The summed E-state index contributed by atoms with van der Waals surface area (Å²) in [5.74, 6) is 0.445. The molecular formula is C16H21ClN2O2. The molecule has 3 atom stereocenters. The summed E-state index contributed by atoms with van der Waals surface area (Å²) in [6, 6.07) is 7.74. The number of carbonyl (C=O) groups is 1. The summed E-state index contributed by atoms with van der Waals surface area (Å²) in [5, 5.41) is 4.19. The smallest absolute Gasteiger partial charge is 0.241 e. The van der Waals surface area contributed by atoms with Crippen molar-refractivity contribution in [1.29, 1.82) is 0 Å². The van der Waals surface area contributed by atoms with Crippen molar-refractivity contribution >= 4 is 17.5 Å². The highest BCUT2D eigenvalue weighted by atomic mass is 35.5. The number of ether oxygens (including phenoxy) is 1. The second kappa shape index (κ2) is 5.95. The minimum absolute atomic E-state index is 0.0890. The minimum Gasteiger partial charge on any atom is -0.379 e. The lowest BCUT2D eigenvalue weighted by Crippen LogP contribution is -2.41. The van der Waals surface area contributed by atoms with Crippen LogP contribution in [0.15, 0.2) is 24.3 Å². The van der Waals surface area contributed by atoms with Crippen LogP contribution in [0.5, 0.6) is 0 Å². The molecule has 0 aliphatic carbocycles. The predicted molar refractivity (Wildman–Crippen MR) is 82.0 cm³/mol. The zero-order valence-corrected chi connectivity index (χ0v) is 13.1. The topological polar surface area (TPSA) is 41.6 Å². The molecule has 2 heterocycles. The van der Waals surface area contributed by atoms with Gasteiger partial charge < -0.3 is 9.64 Å². The predicted octanol–water partition coefficient (Wildman–Crippen LogP) is 2.58. The van der Waals surface area contributed by atoms with Crippen LogP contribution in [0.1, 0.15) is 32.0 Å². The van der Waals surface area contributed by atoms with Crippen LogP contribution >= 0.6 is 11.6 Å². The molecule has 2 saturated heterocycles. The lowest BCUT2D eigenvalue weighted by atomic mass is 10.0. The summed E-state index contributed by atoms with van der Waals surface area (Å²) < 4.78 is 5.47. The van der Waals surface area contributed by atoms with Gasteiger partial charge in [0.1, 0.15) is 6.17 Å². The molecule has 21 heavy (non-hydrogen) atoms. The Bertz CT molecular complexity index is 512. The number of carbonyl (C=O) groups excluding carboxylic acids is 1. The van der Waals surface area contributed by atoms with Gasteiger partial charge in [0, 0.05) is 11.6 Å². The molecule has 0 bridgehead atoms. The lowest BCUT2D eigenvalue weighted by Gasteiger charge is -2.29. The lowest BCUT2D eigenvalue weighted by molar-refractivity contribution is -0.133. The van der Waals surface area contributed by atoms with Crippen molar-refractivity contribution in [3.05, 3.63) is 34.9 Å². The molecule has 5 heteroatoms. The Balaban J connectivity index is 1.91. The van der Waals surface area contributed by atoms with Crippen LogP contribution < -0.4 is 5.32 Å². The van der Waals surface area contributed by atoms with Crippen molar-refractivity contribution < 1.29 is 9.53 Å². The maximum absolute atomic E-state index is 12.8. The molecule has 2 aliphatic rings. The molecule has 0 saturated carbocycles. The van der Waals surface area contributed by atoms with Crippen molar-refractivity contribution in [2.24, 2.45) is 5.92 Å². The minimum atomic E-state index is -0.133. The summed E-state index contributed by atoms with van der Waals surface area (Å²) >= 11 is 5.97. The molecule has 114 valence electrons. The molecule has 1 amide bonds. The van der Waals surface area contributed by atoms with E-state index in [1.54, 1.807) is 0 Å². The molecule has 4 nitrogen and oxygen atoms in total. The molecule has 1 aromatic carbocycles. The van der Waals surface area contributed by atoms with Gasteiger partial charge in [-0.15, -0.1) is 0 Å². The number of hydrogen-bond acceptors (Lipinski definition) is 3. The standard InChI is InChI=1S/C16H21ClN2O2/c1-10(2)14-16(20)19(13-7-8-21-9-13)15(18-14)11-3-5-12(17)6-4-11/h3-6,10,13-15,18H,7-9H2,1-2H3. The van der Waals surface area contributed by atoms with Gasteiger partial charge in [-0.2, -0.15) is 0 Å². The zero-order valence-electron chi connectivity index (χ0n) is 12.4. The molecule has 0 radical (unpaired) electrons. The Morgan fingerprint density at radius 2 is 2.05 bits per heavy atom. The van der Waals surface area contributed by atoms with Crippen LogP contribution in [0.4, 0.5) is 0 Å². The van der Waals surface area contributed by atoms with Gasteiger partial charge in [0.25, 0.3) is 0 Å². The largest absolute Gasteiger partial charge is 0.379 e. The summed E-state index contributed by atoms with van der Waals surface area (Å²) in [5.41, 5.74) is 1.07. The molecule has 1 N–H and O–H groups in total. The highest BCUT2D eigenvalue weighted by Gasteiger charge is 2.45. The second-order valence-electron chi connectivity index (χ2n) is 6.11. The fourth-order valence-electron chi connectivity index (χ4n) is 3.12. The highest BCUT2D eigenvalue weighted by molar-refractivity contribution is 6.30. The van der Waals surface area contributed by atoms with Crippen LogP contribution in [0.25, 0.3) is 0 Å². The van der Waals surface area contributed by atoms with E-state index in [2.05, 4.69) is 19.2 Å². The molecule has 2 aliphatic heterocycles. The van der Waals surface area contributed by atoms with Crippen LogP contribution in [-0.4, -0.2) is 36.1 Å². The number of benzene rings is 1. The van der Waals surface area contributed by atoms with Gasteiger partial charge in [-0.05, 0) is 30.0 Å². The van der Waals surface area contributed by atoms with Gasteiger partial charge in [-0.3, -0.25) is 10.1 Å². The summed E-state index contributed by atoms with van der Waals surface area (Å²) in [6.45, 7) is 5.50. The third kappa shape index (κ3) is 2.80. The van der Waals surface area contributed by atoms with Gasteiger partial charge in [0.05, 0.1) is 18.7 Å². The fraction of sp³-hybridized carbons (Fsp3) is 0.562. The molecule has 3 rings (SSSR count). The van der Waals surface area contributed by atoms with E-state index >= 15 is 0 Å². The zero-order chi connectivity index (χ0) is 15.0. The summed E-state index contributed by atoms with van der Waals surface area (Å²) in [4.78, 5) is 14.7. The molecule has 3 unspecified atom stereocenters. The highest BCUT2D eigenvalue weighted by Crippen LogP contribution is 2.32. The molecule has 2 fully saturated rings. The average molecular weight is 309 g/mol. The van der Waals surface area contributed by atoms with E-state index < -0.39 is 0 Å². The third-order valence-electron chi connectivity index (χ3n) is 4.29. The van der Waals surface area contributed by atoms with Crippen molar-refractivity contribution in [3.8, 4) is 0 Å². The number of nitrogens with one attached hydrogen (secondary N) is 1. The Kier molecular flexibility index (Phi) is 4.20. The maximum Gasteiger partial charge on any atom is 0.241 e. The molecule has 0 spiro atoms. The van der Waals surface area contributed by atoms with Crippen molar-refractivity contribution in [1.82, 2.24) is 10.2 Å². The van der Waals surface area contributed by atoms with Crippen LogP contribution in [0.2, 0.25) is 5.02 Å². The van der Waals surface area contributed by atoms with Gasteiger partial charge in [0.2, 0.25) is 5.91 Å². The van der Waals surface area contributed by atoms with E-state index in [0.29, 0.717) is 11.6 Å². The first kappa shape index (κ1) is 14.8. The quantitative estimate of drug-likeness (QED) is 0.933. The van der Waals surface area contributed by atoms with E-state index in [-0.39, 0.29) is 30.1 Å². The Labute approximate surface area is 130 Å². The first-order valence-corrected chi connectivity index (χ1v) is 7.87. The molecule has 1 aromatic rings. The Morgan fingerprint density at radius 3 is 2.62 bits per heavy atom. The normalized spacial score (nSPS) is 29.6. The SMILES string of the molecule is CC(C)C1NC(c2ccc(Cl)cc2)N(C2CCOC2)C1=O. The number of rotatable bonds is 3.